The second-order valence-electron chi connectivity index (χ2n) is 5.43. The molecule has 2 aromatic rings. The molecule has 128 valence electrons. The molecule has 0 bridgehead atoms. The summed E-state index contributed by atoms with van der Waals surface area (Å²) >= 11 is 0. The largest absolute Gasteiger partial charge is 0.465 e. The summed E-state index contributed by atoms with van der Waals surface area (Å²) in [6.45, 7) is 1.57. The number of ether oxygens (including phenoxy) is 1. The third-order valence-corrected chi connectivity index (χ3v) is 3.77. The van der Waals surface area contributed by atoms with E-state index in [0.29, 0.717) is 28.5 Å². The Hall–Kier alpha value is -3.35. The van der Waals surface area contributed by atoms with Crippen LogP contribution in [0.1, 0.15) is 21.9 Å². The van der Waals surface area contributed by atoms with Gasteiger partial charge in [0.2, 0.25) is 5.91 Å². The zero-order valence-electron chi connectivity index (χ0n) is 13.7. The highest BCUT2D eigenvalue weighted by molar-refractivity contribution is 6.13. The van der Waals surface area contributed by atoms with E-state index in [1.165, 1.54) is 30.2 Å². The van der Waals surface area contributed by atoms with Gasteiger partial charge in [0, 0.05) is 6.08 Å². The third kappa shape index (κ3) is 3.30. The average molecular weight is 340 g/mol. The van der Waals surface area contributed by atoms with Gasteiger partial charge in [-0.25, -0.2) is 4.79 Å². The summed E-state index contributed by atoms with van der Waals surface area (Å²) in [6, 6.07) is 8.56. The van der Waals surface area contributed by atoms with Gasteiger partial charge in [-0.1, -0.05) is 12.1 Å². The Morgan fingerprint density at radius 3 is 2.84 bits per heavy atom. The van der Waals surface area contributed by atoms with E-state index in [9.17, 15) is 14.4 Å². The minimum atomic E-state index is -0.506. The molecule has 0 aliphatic carbocycles. The Labute approximate surface area is 143 Å². The summed E-state index contributed by atoms with van der Waals surface area (Å²) in [5, 5.41) is 2.72. The van der Waals surface area contributed by atoms with Crippen LogP contribution in [-0.2, 0) is 14.3 Å². The van der Waals surface area contributed by atoms with Crippen molar-refractivity contribution in [2.24, 2.45) is 0 Å². The number of hydrogen-bond acceptors (Lipinski definition) is 5. The van der Waals surface area contributed by atoms with Crippen molar-refractivity contribution in [2.45, 2.75) is 6.92 Å². The number of amides is 2. The number of methoxy groups -OCH3 is 1. The maximum absolute atomic E-state index is 12.5. The molecule has 3 rings (SSSR count). The number of aryl methyl sites for hydroxylation is 1. The lowest BCUT2D eigenvalue weighted by atomic mass is 10.2. The molecule has 1 aliphatic heterocycles. The van der Waals surface area contributed by atoms with Crippen LogP contribution in [0, 0.1) is 6.92 Å². The summed E-state index contributed by atoms with van der Waals surface area (Å²) < 4.78 is 10.1. The Bertz CT molecular complexity index is 881. The zero-order valence-corrected chi connectivity index (χ0v) is 13.7. The molecule has 1 aromatic carbocycles. The molecule has 0 fully saturated rings. The Balaban J connectivity index is 1.82. The zero-order chi connectivity index (χ0) is 18.0. The lowest BCUT2D eigenvalue weighted by molar-refractivity contribution is -0.119. The molecule has 7 nitrogen and oxygen atoms in total. The van der Waals surface area contributed by atoms with E-state index in [-0.39, 0.29) is 18.4 Å². The Morgan fingerprint density at radius 1 is 1.32 bits per heavy atom. The van der Waals surface area contributed by atoms with Crippen molar-refractivity contribution >= 4 is 35.2 Å². The molecular weight excluding hydrogens is 324 g/mol. The van der Waals surface area contributed by atoms with Crippen molar-refractivity contribution in [3.8, 4) is 0 Å². The predicted molar refractivity (Wildman–Crippen MR) is 91.2 cm³/mol. The maximum Gasteiger partial charge on any atom is 0.341 e. The van der Waals surface area contributed by atoms with E-state index >= 15 is 0 Å². The van der Waals surface area contributed by atoms with Gasteiger partial charge in [-0.3, -0.25) is 14.5 Å². The van der Waals surface area contributed by atoms with Gasteiger partial charge in [0.1, 0.15) is 23.6 Å². The number of fused-ring (bicyclic) bond motifs is 1. The third-order valence-electron chi connectivity index (χ3n) is 3.77. The highest BCUT2D eigenvalue weighted by Gasteiger charge is 2.25. The van der Waals surface area contributed by atoms with Crippen LogP contribution in [0.15, 0.2) is 40.8 Å². The number of hydrogen-bond donors (Lipinski definition) is 1. The molecule has 1 aliphatic rings. The first-order chi connectivity index (χ1) is 12.0. The van der Waals surface area contributed by atoms with Crippen molar-refractivity contribution in [3.63, 3.8) is 0 Å². The molecule has 7 heteroatoms. The second kappa shape index (κ2) is 6.64. The van der Waals surface area contributed by atoms with Crippen LogP contribution >= 0.6 is 0 Å². The Kier molecular flexibility index (Phi) is 4.38. The molecule has 0 unspecified atom stereocenters. The van der Waals surface area contributed by atoms with Gasteiger partial charge in [-0.2, -0.15) is 0 Å². The van der Waals surface area contributed by atoms with Crippen molar-refractivity contribution < 1.29 is 23.5 Å². The highest BCUT2D eigenvalue weighted by atomic mass is 16.5. The van der Waals surface area contributed by atoms with Crippen LogP contribution in [0.4, 0.5) is 11.4 Å². The van der Waals surface area contributed by atoms with Crippen LogP contribution in [-0.4, -0.2) is 31.4 Å². The number of nitrogens with zero attached hydrogens (tertiary/aromatic N) is 1. The highest BCUT2D eigenvalue weighted by Crippen LogP contribution is 2.29. The van der Waals surface area contributed by atoms with E-state index in [2.05, 4.69) is 10.1 Å². The molecule has 1 N–H and O–H groups in total. The SMILES string of the molecule is COC(=O)c1cc(C=CC(=O)N2CC(=O)Nc3ccccc32)oc1C. The van der Waals surface area contributed by atoms with Crippen LogP contribution < -0.4 is 10.2 Å². The number of carbonyl (C=O) groups excluding carboxylic acids is 3. The fraction of sp³-hybridized carbons (Fsp3) is 0.167. The molecule has 2 heterocycles. The summed E-state index contributed by atoms with van der Waals surface area (Å²) in [5.41, 5.74) is 1.52. The van der Waals surface area contributed by atoms with E-state index < -0.39 is 5.97 Å². The van der Waals surface area contributed by atoms with Gasteiger partial charge >= 0.3 is 5.97 Å². The summed E-state index contributed by atoms with van der Waals surface area (Å²) in [4.78, 5) is 37.2. The lowest BCUT2D eigenvalue weighted by Gasteiger charge is -2.28. The molecule has 0 saturated heterocycles. The number of para-hydroxylation sites is 2. The van der Waals surface area contributed by atoms with Gasteiger partial charge in [0.05, 0.1) is 18.5 Å². The van der Waals surface area contributed by atoms with E-state index in [1.54, 1.807) is 31.2 Å². The molecule has 25 heavy (non-hydrogen) atoms. The molecule has 2 amide bonds. The van der Waals surface area contributed by atoms with Crippen molar-refractivity contribution in [1.82, 2.24) is 0 Å². The van der Waals surface area contributed by atoms with E-state index in [1.807, 2.05) is 0 Å². The van der Waals surface area contributed by atoms with Crippen LogP contribution in [0.5, 0.6) is 0 Å². The number of furan rings is 1. The molecule has 1 aromatic heterocycles. The molecular formula is C18H16N2O5. The first-order valence-electron chi connectivity index (χ1n) is 7.57. The number of nitrogens with one attached hydrogen (secondary N) is 1. The molecule has 0 atom stereocenters. The van der Waals surface area contributed by atoms with Crippen molar-refractivity contribution in [2.75, 3.05) is 23.9 Å². The molecule has 0 spiro atoms. The van der Waals surface area contributed by atoms with Crippen molar-refractivity contribution in [3.05, 3.63) is 53.5 Å². The van der Waals surface area contributed by atoms with Crippen LogP contribution in [0.25, 0.3) is 6.08 Å². The first-order valence-corrected chi connectivity index (χ1v) is 7.57. The summed E-state index contributed by atoms with van der Waals surface area (Å²) in [7, 11) is 1.28. The van der Waals surface area contributed by atoms with Crippen LogP contribution in [0.2, 0.25) is 0 Å². The smallest absolute Gasteiger partial charge is 0.341 e. The minimum Gasteiger partial charge on any atom is -0.465 e. The number of esters is 1. The maximum atomic E-state index is 12.5. The minimum absolute atomic E-state index is 0.0647. The van der Waals surface area contributed by atoms with Gasteiger partial charge < -0.3 is 14.5 Å². The standard InChI is InChI=1S/C18H16N2O5/c1-11-13(18(23)24-2)9-12(25-11)7-8-17(22)20-10-16(21)19-14-5-3-4-6-15(14)20/h3-9H,10H2,1-2H3,(H,19,21). The van der Waals surface area contributed by atoms with E-state index in [0.717, 1.165) is 0 Å². The number of rotatable bonds is 3. The number of benzene rings is 1. The number of anilines is 2. The lowest BCUT2D eigenvalue weighted by Crippen LogP contribution is -2.41. The van der Waals surface area contributed by atoms with Gasteiger partial charge in [0.15, 0.2) is 0 Å². The van der Waals surface area contributed by atoms with Crippen LogP contribution in [0.3, 0.4) is 0 Å². The molecule has 0 saturated carbocycles. The Morgan fingerprint density at radius 2 is 2.08 bits per heavy atom. The fourth-order valence-corrected chi connectivity index (χ4v) is 2.57. The number of carbonyl (C=O) groups is 3. The van der Waals surface area contributed by atoms with E-state index in [4.69, 9.17) is 4.42 Å². The summed E-state index contributed by atoms with van der Waals surface area (Å²) in [6.07, 6.45) is 2.76. The second-order valence-corrected chi connectivity index (χ2v) is 5.43. The topological polar surface area (TPSA) is 88.9 Å². The van der Waals surface area contributed by atoms with Gasteiger partial charge in [-0.05, 0) is 31.2 Å². The van der Waals surface area contributed by atoms with Crippen molar-refractivity contribution in [1.29, 1.82) is 0 Å². The van der Waals surface area contributed by atoms with Gasteiger partial charge in [0.25, 0.3) is 5.91 Å². The average Bonchev–Trinajstić information content (AvgIpc) is 2.99. The molecule has 0 radical (unpaired) electrons. The monoisotopic (exact) mass is 340 g/mol. The first kappa shape index (κ1) is 16.5. The van der Waals surface area contributed by atoms with Gasteiger partial charge in [-0.15, -0.1) is 0 Å². The summed E-state index contributed by atoms with van der Waals surface area (Å²) in [5.74, 6) is -0.380. The quantitative estimate of drug-likeness (QED) is 0.684. The normalized spacial score (nSPS) is 13.5. The predicted octanol–water partition coefficient (Wildman–Crippen LogP) is 2.37. The fourth-order valence-electron chi connectivity index (χ4n) is 2.57.